The van der Waals surface area contributed by atoms with Crippen LogP contribution in [0.3, 0.4) is 0 Å². The maximum absolute atomic E-state index is 12.3. The Labute approximate surface area is 237 Å². The Bertz CT molecular complexity index is 488. The van der Waals surface area contributed by atoms with E-state index in [4.69, 9.17) is 0 Å². The van der Waals surface area contributed by atoms with Crippen molar-refractivity contribution in [3.8, 4) is 0 Å². The fourth-order valence-corrected chi connectivity index (χ4v) is 5.29. The predicted octanol–water partition coefficient (Wildman–Crippen LogP) is 8.37. The fourth-order valence-electron chi connectivity index (χ4n) is 5.29. The topological polar surface area (TPSA) is 89.8 Å². The summed E-state index contributed by atoms with van der Waals surface area (Å²) in [7, 11) is 0. The lowest BCUT2D eigenvalue weighted by atomic mass is 10.0. The monoisotopic (exact) mass is 542 g/mol. The van der Waals surface area contributed by atoms with Crippen LogP contribution in [0.25, 0.3) is 0 Å². The number of carbonyl (C=O) groups is 1. The quantitative estimate of drug-likeness (QED) is 0.0688. The second kappa shape index (κ2) is 29.3. The fraction of sp³-hybridized carbons (Fsp3) is 0.970. The molecule has 228 valence electrons. The van der Waals surface area contributed by atoms with Gasteiger partial charge in [-0.05, 0) is 12.8 Å². The van der Waals surface area contributed by atoms with Crippen molar-refractivity contribution in [2.45, 2.75) is 199 Å². The standard InChI is InChI=1S/C33H67NO4/c1-3-5-7-9-11-13-14-15-16-17-18-19-21-23-25-27-32(37)31(29-35)34-33(38)28-30(36)26-24-22-20-12-10-8-6-4-2/h30-32,35-37H,3-29H2,1-2H3,(H,34,38). The van der Waals surface area contributed by atoms with E-state index >= 15 is 0 Å². The Morgan fingerprint density at radius 1 is 0.553 bits per heavy atom. The van der Waals surface area contributed by atoms with Crippen molar-refractivity contribution < 1.29 is 20.1 Å². The lowest BCUT2D eigenvalue weighted by Crippen LogP contribution is -2.46. The number of unbranched alkanes of at least 4 members (excludes halogenated alkanes) is 21. The highest BCUT2D eigenvalue weighted by Gasteiger charge is 2.21. The van der Waals surface area contributed by atoms with Crippen LogP contribution in [0.4, 0.5) is 0 Å². The molecule has 38 heavy (non-hydrogen) atoms. The molecule has 0 saturated carbocycles. The number of nitrogens with one attached hydrogen (secondary N) is 1. The van der Waals surface area contributed by atoms with E-state index in [1.807, 2.05) is 0 Å². The van der Waals surface area contributed by atoms with Crippen LogP contribution in [0.5, 0.6) is 0 Å². The third kappa shape index (κ3) is 25.6. The third-order valence-corrected chi connectivity index (χ3v) is 7.92. The van der Waals surface area contributed by atoms with Gasteiger partial charge in [0, 0.05) is 0 Å². The average Bonchev–Trinajstić information content (AvgIpc) is 2.90. The van der Waals surface area contributed by atoms with Crippen molar-refractivity contribution in [1.82, 2.24) is 5.32 Å². The molecule has 0 aromatic carbocycles. The molecule has 0 aliphatic rings. The normalized spacial score (nSPS) is 13.9. The van der Waals surface area contributed by atoms with E-state index < -0.39 is 18.2 Å². The van der Waals surface area contributed by atoms with Crippen LogP contribution < -0.4 is 5.32 Å². The van der Waals surface area contributed by atoms with Crippen LogP contribution in [-0.4, -0.2) is 46.1 Å². The highest BCUT2D eigenvalue weighted by Crippen LogP contribution is 2.15. The number of amides is 1. The summed E-state index contributed by atoms with van der Waals surface area (Å²) >= 11 is 0. The van der Waals surface area contributed by atoms with E-state index in [0.717, 1.165) is 25.7 Å². The Kier molecular flexibility index (Phi) is 28.8. The maximum Gasteiger partial charge on any atom is 0.222 e. The average molecular weight is 542 g/mol. The van der Waals surface area contributed by atoms with Crippen molar-refractivity contribution in [1.29, 1.82) is 0 Å². The number of carbonyl (C=O) groups excluding carboxylic acids is 1. The Hall–Kier alpha value is -0.650. The molecule has 0 saturated heterocycles. The summed E-state index contributed by atoms with van der Waals surface area (Å²) in [4.78, 5) is 12.3. The van der Waals surface area contributed by atoms with Crippen LogP contribution in [-0.2, 0) is 4.79 Å². The number of aliphatic hydroxyl groups is 3. The summed E-state index contributed by atoms with van der Waals surface area (Å²) in [5, 5.41) is 33.0. The van der Waals surface area contributed by atoms with Crippen LogP contribution in [0.1, 0.15) is 181 Å². The molecular formula is C33H67NO4. The van der Waals surface area contributed by atoms with Crippen LogP contribution in [0.2, 0.25) is 0 Å². The lowest BCUT2D eigenvalue weighted by molar-refractivity contribution is -0.125. The van der Waals surface area contributed by atoms with Gasteiger partial charge in [-0.15, -0.1) is 0 Å². The zero-order valence-electron chi connectivity index (χ0n) is 25.6. The summed E-state index contributed by atoms with van der Waals surface area (Å²) in [5.74, 6) is -0.286. The first-order chi connectivity index (χ1) is 18.5. The number of aliphatic hydroxyl groups excluding tert-OH is 3. The van der Waals surface area contributed by atoms with Gasteiger partial charge in [-0.1, -0.05) is 162 Å². The third-order valence-electron chi connectivity index (χ3n) is 7.92. The lowest BCUT2D eigenvalue weighted by Gasteiger charge is -2.23. The summed E-state index contributed by atoms with van der Waals surface area (Å²) in [6, 6.07) is -0.649. The number of hydrogen-bond acceptors (Lipinski definition) is 4. The second-order valence-electron chi connectivity index (χ2n) is 11.8. The molecule has 0 radical (unpaired) electrons. The van der Waals surface area contributed by atoms with Gasteiger partial charge >= 0.3 is 0 Å². The molecule has 4 N–H and O–H groups in total. The first kappa shape index (κ1) is 37.4. The van der Waals surface area contributed by atoms with Crippen molar-refractivity contribution in [2.75, 3.05) is 6.61 Å². The minimum Gasteiger partial charge on any atom is -0.394 e. The first-order valence-electron chi connectivity index (χ1n) is 16.8. The Morgan fingerprint density at radius 3 is 1.26 bits per heavy atom. The van der Waals surface area contributed by atoms with Crippen molar-refractivity contribution in [3.05, 3.63) is 0 Å². The molecule has 5 heteroatoms. The van der Waals surface area contributed by atoms with E-state index in [0.29, 0.717) is 12.8 Å². The second-order valence-corrected chi connectivity index (χ2v) is 11.8. The van der Waals surface area contributed by atoms with E-state index in [1.54, 1.807) is 0 Å². The molecule has 0 aliphatic heterocycles. The van der Waals surface area contributed by atoms with Gasteiger partial charge in [0.2, 0.25) is 5.91 Å². The summed E-state index contributed by atoms with van der Waals surface area (Å²) in [6.07, 6.45) is 29.1. The van der Waals surface area contributed by atoms with E-state index in [1.165, 1.54) is 122 Å². The summed E-state index contributed by atoms with van der Waals surface area (Å²) in [6.45, 7) is 4.22. The first-order valence-corrected chi connectivity index (χ1v) is 16.8. The highest BCUT2D eigenvalue weighted by molar-refractivity contribution is 5.76. The molecule has 0 bridgehead atoms. The molecule has 0 fully saturated rings. The van der Waals surface area contributed by atoms with E-state index in [2.05, 4.69) is 19.2 Å². The van der Waals surface area contributed by atoms with Crippen molar-refractivity contribution >= 4 is 5.91 Å². The van der Waals surface area contributed by atoms with Crippen LogP contribution in [0, 0.1) is 0 Å². The Morgan fingerprint density at radius 2 is 0.895 bits per heavy atom. The molecule has 3 atom stereocenters. The van der Waals surface area contributed by atoms with E-state index in [9.17, 15) is 20.1 Å². The zero-order valence-corrected chi connectivity index (χ0v) is 25.6. The van der Waals surface area contributed by atoms with Crippen molar-refractivity contribution in [2.24, 2.45) is 0 Å². The van der Waals surface area contributed by atoms with Crippen LogP contribution >= 0.6 is 0 Å². The summed E-state index contributed by atoms with van der Waals surface area (Å²) < 4.78 is 0. The molecule has 0 aromatic heterocycles. The molecule has 0 aliphatic carbocycles. The van der Waals surface area contributed by atoms with Gasteiger partial charge in [-0.25, -0.2) is 0 Å². The predicted molar refractivity (Wildman–Crippen MR) is 162 cm³/mol. The van der Waals surface area contributed by atoms with Gasteiger partial charge in [0.05, 0.1) is 31.3 Å². The van der Waals surface area contributed by atoms with Crippen molar-refractivity contribution in [3.63, 3.8) is 0 Å². The molecule has 0 rings (SSSR count). The molecular weight excluding hydrogens is 474 g/mol. The maximum atomic E-state index is 12.3. The minimum absolute atomic E-state index is 0.0404. The van der Waals surface area contributed by atoms with Gasteiger partial charge in [0.25, 0.3) is 0 Å². The minimum atomic E-state index is -0.740. The van der Waals surface area contributed by atoms with Gasteiger partial charge in [-0.2, -0.15) is 0 Å². The van der Waals surface area contributed by atoms with Gasteiger partial charge < -0.3 is 20.6 Å². The molecule has 0 spiro atoms. The SMILES string of the molecule is CCCCCCCCCCCCCCCCCC(O)C(CO)NC(=O)CC(O)CCCCCCCCCC. The van der Waals surface area contributed by atoms with Gasteiger partial charge in [0.1, 0.15) is 0 Å². The molecule has 3 unspecified atom stereocenters. The van der Waals surface area contributed by atoms with E-state index in [-0.39, 0.29) is 18.9 Å². The molecule has 5 nitrogen and oxygen atoms in total. The molecule has 0 aromatic rings. The van der Waals surface area contributed by atoms with Gasteiger partial charge in [0.15, 0.2) is 0 Å². The van der Waals surface area contributed by atoms with Gasteiger partial charge in [-0.3, -0.25) is 4.79 Å². The number of rotatable bonds is 30. The summed E-state index contributed by atoms with van der Waals surface area (Å²) in [5.41, 5.74) is 0. The van der Waals surface area contributed by atoms with Crippen LogP contribution in [0.15, 0.2) is 0 Å². The highest BCUT2D eigenvalue weighted by atomic mass is 16.3. The largest absolute Gasteiger partial charge is 0.394 e. The zero-order chi connectivity index (χ0) is 28.1. The molecule has 1 amide bonds. The number of hydrogen-bond donors (Lipinski definition) is 4. The smallest absolute Gasteiger partial charge is 0.222 e. The Balaban J connectivity index is 3.67. The molecule has 0 heterocycles.